The molecule has 0 radical (unpaired) electrons. The molecule has 2 aromatic rings. The summed E-state index contributed by atoms with van der Waals surface area (Å²) >= 11 is 5.13. The van der Waals surface area contributed by atoms with Crippen LogP contribution in [0.3, 0.4) is 0 Å². The largest absolute Gasteiger partial charge is 0.503 e. The summed E-state index contributed by atoms with van der Waals surface area (Å²) < 4.78 is 15.8. The maximum atomic E-state index is 11.8. The van der Waals surface area contributed by atoms with Crippen molar-refractivity contribution >= 4 is 23.2 Å². The molecule has 0 saturated carbocycles. The molecule has 0 bridgehead atoms. The average molecular weight is 435 g/mol. The standard InChI is InChI=1S/C18H20N2O5S.C4H10/c1-12(25-13-6-4-3-5-7-13)11-24-15(21)10-20-18(26)16-17(22)14(23-2)8-9-19-16;1-4(2)3/h3-9,12,22H,10-11H2,1-2H3,(H,20,26);4H,1-3H3. The van der Waals surface area contributed by atoms with E-state index in [-0.39, 0.29) is 41.4 Å². The van der Waals surface area contributed by atoms with Crippen LogP contribution in [0.15, 0.2) is 42.6 Å². The van der Waals surface area contributed by atoms with Gasteiger partial charge in [-0.3, -0.25) is 4.79 Å². The summed E-state index contributed by atoms with van der Waals surface area (Å²) in [6, 6.07) is 10.8. The highest BCUT2D eigenvalue weighted by Gasteiger charge is 2.15. The number of para-hydroxylation sites is 1. The van der Waals surface area contributed by atoms with E-state index in [0.717, 1.165) is 5.92 Å². The molecule has 8 heteroatoms. The number of nitrogens with zero attached hydrogens (tertiary/aromatic N) is 1. The number of nitrogens with one attached hydrogen (secondary N) is 1. The fraction of sp³-hybridized carbons (Fsp3) is 0.409. The monoisotopic (exact) mass is 434 g/mol. The molecule has 0 spiro atoms. The number of hydrogen-bond donors (Lipinski definition) is 2. The van der Waals surface area contributed by atoms with Gasteiger partial charge in [-0.2, -0.15) is 0 Å². The van der Waals surface area contributed by atoms with E-state index in [0.29, 0.717) is 5.75 Å². The van der Waals surface area contributed by atoms with Crippen molar-refractivity contribution in [2.75, 3.05) is 20.3 Å². The molecule has 0 saturated heterocycles. The van der Waals surface area contributed by atoms with Crippen LogP contribution >= 0.6 is 12.2 Å². The molecule has 0 fully saturated rings. The third-order valence-corrected chi connectivity index (χ3v) is 3.61. The highest BCUT2D eigenvalue weighted by atomic mass is 32.1. The van der Waals surface area contributed by atoms with Crippen molar-refractivity contribution in [3.63, 3.8) is 0 Å². The van der Waals surface area contributed by atoms with Crippen molar-refractivity contribution in [1.82, 2.24) is 10.3 Å². The number of ether oxygens (including phenoxy) is 3. The predicted octanol–water partition coefficient (Wildman–Crippen LogP) is 3.73. The van der Waals surface area contributed by atoms with Crippen LogP contribution in [-0.2, 0) is 9.53 Å². The van der Waals surface area contributed by atoms with Crippen molar-refractivity contribution in [2.24, 2.45) is 5.92 Å². The van der Waals surface area contributed by atoms with Crippen LogP contribution in [0.1, 0.15) is 33.4 Å². The summed E-state index contributed by atoms with van der Waals surface area (Å²) in [5.41, 5.74) is 0.132. The Balaban J connectivity index is 0.00000103. The normalized spacial score (nSPS) is 11.0. The third kappa shape index (κ3) is 9.56. The number of methoxy groups -OCH3 is 1. The Morgan fingerprint density at radius 1 is 1.17 bits per heavy atom. The van der Waals surface area contributed by atoms with E-state index in [2.05, 4.69) is 31.1 Å². The molecule has 2 N–H and O–H groups in total. The van der Waals surface area contributed by atoms with Gasteiger partial charge in [0, 0.05) is 12.3 Å². The lowest BCUT2D eigenvalue weighted by Crippen LogP contribution is -2.32. The summed E-state index contributed by atoms with van der Waals surface area (Å²) in [6.07, 6.45) is 1.15. The number of carbonyl (C=O) groups excluding carboxylic acids is 1. The number of carbonyl (C=O) groups is 1. The second-order valence-electron chi connectivity index (χ2n) is 7.05. The van der Waals surface area contributed by atoms with Crippen LogP contribution in [0, 0.1) is 5.92 Å². The number of benzene rings is 1. The Kier molecular flexibility index (Phi) is 11.2. The van der Waals surface area contributed by atoms with Crippen LogP contribution in [0.2, 0.25) is 0 Å². The topological polar surface area (TPSA) is 89.9 Å². The predicted molar refractivity (Wildman–Crippen MR) is 120 cm³/mol. The van der Waals surface area contributed by atoms with Crippen LogP contribution < -0.4 is 14.8 Å². The SMILES string of the molecule is CC(C)C.COc1ccnc(C(=S)NCC(=O)OCC(C)Oc2ccccc2)c1O. The average Bonchev–Trinajstić information content (AvgIpc) is 2.71. The lowest BCUT2D eigenvalue weighted by atomic mass is 10.3. The Morgan fingerprint density at radius 2 is 1.80 bits per heavy atom. The van der Waals surface area contributed by atoms with Crippen molar-refractivity contribution in [3.8, 4) is 17.2 Å². The van der Waals surface area contributed by atoms with Gasteiger partial charge in [-0.1, -0.05) is 51.2 Å². The number of aromatic nitrogens is 1. The first-order valence-corrected chi connectivity index (χ1v) is 10.0. The van der Waals surface area contributed by atoms with E-state index in [1.807, 2.05) is 30.3 Å². The Hall–Kier alpha value is -2.87. The zero-order chi connectivity index (χ0) is 22.5. The van der Waals surface area contributed by atoms with Gasteiger partial charge in [0.1, 0.15) is 35.7 Å². The van der Waals surface area contributed by atoms with Crippen molar-refractivity contribution < 1.29 is 24.1 Å². The van der Waals surface area contributed by atoms with E-state index in [1.54, 1.807) is 6.92 Å². The van der Waals surface area contributed by atoms with Gasteiger partial charge in [-0.25, -0.2) is 4.98 Å². The fourth-order valence-electron chi connectivity index (χ4n) is 2.03. The maximum absolute atomic E-state index is 11.8. The van der Waals surface area contributed by atoms with Gasteiger partial charge in [-0.15, -0.1) is 0 Å². The molecule has 2 rings (SSSR count). The first kappa shape index (κ1) is 25.2. The maximum Gasteiger partial charge on any atom is 0.325 e. The second kappa shape index (κ2) is 13.4. The van der Waals surface area contributed by atoms with Crippen molar-refractivity contribution in [3.05, 3.63) is 48.3 Å². The molecule has 0 aliphatic carbocycles. The molecule has 7 nitrogen and oxygen atoms in total. The molecule has 0 aliphatic heterocycles. The molecule has 1 aromatic carbocycles. The van der Waals surface area contributed by atoms with Gasteiger partial charge in [0.05, 0.1) is 7.11 Å². The molecule has 30 heavy (non-hydrogen) atoms. The van der Waals surface area contributed by atoms with Crippen LogP contribution in [-0.4, -0.2) is 47.4 Å². The van der Waals surface area contributed by atoms with E-state index >= 15 is 0 Å². The molecule has 1 aromatic heterocycles. The molecular formula is C22H30N2O5S. The number of hydrogen-bond acceptors (Lipinski definition) is 7. The number of aromatic hydroxyl groups is 1. The van der Waals surface area contributed by atoms with Crippen molar-refractivity contribution in [2.45, 2.75) is 33.8 Å². The number of rotatable bonds is 8. The lowest BCUT2D eigenvalue weighted by molar-refractivity contribution is -0.144. The van der Waals surface area contributed by atoms with Gasteiger partial charge in [0.25, 0.3) is 0 Å². The summed E-state index contributed by atoms with van der Waals surface area (Å²) in [4.78, 5) is 15.9. The molecule has 0 amide bonds. The van der Waals surface area contributed by atoms with E-state index in [4.69, 9.17) is 26.4 Å². The highest BCUT2D eigenvalue weighted by molar-refractivity contribution is 7.80. The molecule has 164 valence electrons. The number of thiocarbonyl (C=S) groups is 1. The van der Waals surface area contributed by atoms with E-state index in [1.165, 1.54) is 19.4 Å². The molecular weight excluding hydrogens is 404 g/mol. The third-order valence-electron chi connectivity index (χ3n) is 3.28. The first-order valence-electron chi connectivity index (χ1n) is 9.62. The molecule has 0 aliphatic rings. The van der Waals surface area contributed by atoms with Gasteiger partial charge in [-0.05, 0) is 25.0 Å². The number of esters is 1. The minimum absolute atomic E-state index is 0.102. The zero-order valence-corrected chi connectivity index (χ0v) is 18.9. The van der Waals surface area contributed by atoms with E-state index < -0.39 is 5.97 Å². The van der Waals surface area contributed by atoms with Gasteiger partial charge in [0.2, 0.25) is 0 Å². The fourth-order valence-corrected chi connectivity index (χ4v) is 2.25. The Morgan fingerprint density at radius 3 is 2.40 bits per heavy atom. The summed E-state index contributed by atoms with van der Waals surface area (Å²) in [5, 5.41) is 12.7. The summed E-state index contributed by atoms with van der Waals surface area (Å²) in [7, 11) is 1.42. The minimum Gasteiger partial charge on any atom is -0.503 e. The summed E-state index contributed by atoms with van der Waals surface area (Å²) in [6.45, 7) is 8.25. The van der Waals surface area contributed by atoms with Gasteiger partial charge >= 0.3 is 5.97 Å². The molecule has 1 unspecified atom stereocenters. The smallest absolute Gasteiger partial charge is 0.325 e. The first-order chi connectivity index (χ1) is 14.2. The minimum atomic E-state index is -0.502. The van der Waals surface area contributed by atoms with Gasteiger partial charge in [0.15, 0.2) is 11.5 Å². The highest BCUT2D eigenvalue weighted by Crippen LogP contribution is 2.27. The van der Waals surface area contributed by atoms with Crippen LogP contribution in [0.4, 0.5) is 0 Å². The number of pyridine rings is 1. The van der Waals surface area contributed by atoms with E-state index in [9.17, 15) is 9.90 Å². The lowest BCUT2D eigenvalue weighted by Gasteiger charge is -2.15. The van der Waals surface area contributed by atoms with Gasteiger partial charge < -0.3 is 24.6 Å². The Bertz CT molecular complexity index is 797. The zero-order valence-electron chi connectivity index (χ0n) is 18.0. The summed E-state index contributed by atoms with van der Waals surface area (Å²) in [5.74, 6) is 1.09. The quantitative estimate of drug-likeness (QED) is 0.480. The Labute approximate surface area is 183 Å². The second-order valence-corrected chi connectivity index (χ2v) is 7.46. The van der Waals surface area contributed by atoms with Crippen molar-refractivity contribution in [1.29, 1.82) is 0 Å². The van der Waals surface area contributed by atoms with Crippen LogP contribution in [0.25, 0.3) is 0 Å². The molecule has 1 heterocycles. The molecule has 1 atom stereocenters. The van der Waals surface area contributed by atoms with Crippen LogP contribution in [0.5, 0.6) is 17.2 Å².